The average Bonchev–Trinajstić information content (AvgIpc) is 2.38. The Morgan fingerprint density at radius 1 is 1.44 bits per heavy atom. The normalized spacial score (nSPS) is 22.0. The summed E-state index contributed by atoms with van der Waals surface area (Å²) in [6, 6.07) is 6.16. The van der Waals surface area contributed by atoms with E-state index in [0.29, 0.717) is 0 Å². The summed E-state index contributed by atoms with van der Waals surface area (Å²) in [5.74, 6) is 0. The van der Waals surface area contributed by atoms with Gasteiger partial charge in [-0.15, -0.1) is 0 Å². The standard InChI is InChI=1S/C14H20BrNO2/c1-10(18)11-5-6-14(13(15)8-11)16-7-3-2-4-12(16)9-17/h5-6,8,10,12,17-18H,2-4,7,9H2,1H3/t10-,12?/m1/s1. The second-order valence-electron chi connectivity index (χ2n) is 4.91. The molecule has 0 radical (unpaired) electrons. The van der Waals surface area contributed by atoms with Crippen LogP contribution in [-0.2, 0) is 0 Å². The van der Waals surface area contributed by atoms with Gasteiger partial charge in [-0.3, -0.25) is 0 Å². The number of rotatable bonds is 3. The van der Waals surface area contributed by atoms with Crippen LogP contribution in [0.5, 0.6) is 0 Å². The topological polar surface area (TPSA) is 43.7 Å². The first kappa shape index (κ1) is 13.8. The lowest BCUT2D eigenvalue weighted by Gasteiger charge is -2.37. The summed E-state index contributed by atoms with van der Waals surface area (Å²) in [6.45, 7) is 2.95. The van der Waals surface area contributed by atoms with Gasteiger partial charge in [0.15, 0.2) is 0 Å². The fourth-order valence-corrected chi connectivity index (χ4v) is 3.15. The first-order valence-corrected chi connectivity index (χ1v) is 7.27. The van der Waals surface area contributed by atoms with Crippen LogP contribution >= 0.6 is 15.9 Å². The summed E-state index contributed by atoms with van der Waals surface area (Å²) in [7, 11) is 0. The van der Waals surface area contributed by atoms with E-state index in [1.807, 2.05) is 18.2 Å². The molecule has 3 nitrogen and oxygen atoms in total. The van der Waals surface area contributed by atoms with Gasteiger partial charge in [-0.05, 0) is 59.8 Å². The number of piperidine rings is 1. The molecule has 100 valence electrons. The van der Waals surface area contributed by atoms with Gasteiger partial charge >= 0.3 is 0 Å². The van der Waals surface area contributed by atoms with Crippen molar-refractivity contribution in [2.75, 3.05) is 18.1 Å². The Kier molecular flexibility index (Phi) is 4.65. The molecular weight excluding hydrogens is 294 g/mol. The van der Waals surface area contributed by atoms with Crippen molar-refractivity contribution >= 4 is 21.6 Å². The molecule has 1 aliphatic heterocycles. The van der Waals surface area contributed by atoms with Gasteiger partial charge in [0.1, 0.15) is 0 Å². The molecule has 2 rings (SSSR count). The Morgan fingerprint density at radius 2 is 2.22 bits per heavy atom. The molecule has 0 aromatic heterocycles. The molecule has 0 spiro atoms. The summed E-state index contributed by atoms with van der Waals surface area (Å²) < 4.78 is 0.987. The zero-order valence-corrected chi connectivity index (χ0v) is 12.2. The molecule has 0 saturated carbocycles. The van der Waals surface area contributed by atoms with Gasteiger partial charge in [0.05, 0.1) is 24.4 Å². The van der Waals surface area contributed by atoms with Crippen molar-refractivity contribution < 1.29 is 10.2 Å². The third kappa shape index (κ3) is 2.87. The Labute approximate surface area is 117 Å². The lowest BCUT2D eigenvalue weighted by molar-refractivity contribution is 0.199. The van der Waals surface area contributed by atoms with E-state index in [1.165, 1.54) is 12.8 Å². The molecule has 2 atom stereocenters. The number of anilines is 1. The van der Waals surface area contributed by atoms with E-state index < -0.39 is 6.10 Å². The summed E-state index contributed by atoms with van der Waals surface area (Å²) in [5.41, 5.74) is 2.02. The van der Waals surface area contributed by atoms with E-state index >= 15 is 0 Å². The van der Waals surface area contributed by atoms with E-state index in [-0.39, 0.29) is 12.6 Å². The quantitative estimate of drug-likeness (QED) is 0.902. The van der Waals surface area contributed by atoms with Crippen LogP contribution in [-0.4, -0.2) is 29.4 Å². The minimum absolute atomic E-state index is 0.199. The lowest BCUT2D eigenvalue weighted by atomic mass is 10.0. The van der Waals surface area contributed by atoms with E-state index in [9.17, 15) is 10.2 Å². The van der Waals surface area contributed by atoms with Crippen molar-refractivity contribution in [3.63, 3.8) is 0 Å². The van der Waals surface area contributed by atoms with Crippen LogP contribution < -0.4 is 4.90 Å². The predicted molar refractivity (Wildman–Crippen MR) is 76.8 cm³/mol. The maximum Gasteiger partial charge on any atom is 0.0762 e. The number of hydrogen-bond donors (Lipinski definition) is 2. The van der Waals surface area contributed by atoms with Crippen LogP contribution in [0.4, 0.5) is 5.69 Å². The molecule has 1 saturated heterocycles. The molecule has 0 bridgehead atoms. The fraction of sp³-hybridized carbons (Fsp3) is 0.571. The molecule has 0 aliphatic carbocycles. The summed E-state index contributed by atoms with van der Waals surface area (Å²) in [4.78, 5) is 2.26. The van der Waals surface area contributed by atoms with Crippen LogP contribution in [0.3, 0.4) is 0 Å². The van der Waals surface area contributed by atoms with E-state index in [2.05, 4.69) is 20.8 Å². The Bertz CT molecular complexity index is 409. The minimum atomic E-state index is -0.453. The van der Waals surface area contributed by atoms with Crippen LogP contribution in [0.15, 0.2) is 22.7 Å². The van der Waals surface area contributed by atoms with Gasteiger partial charge in [0.2, 0.25) is 0 Å². The average molecular weight is 314 g/mol. The maximum absolute atomic E-state index is 9.57. The van der Waals surface area contributed by atoms with Crippen molar-refractivity contribution in [1.82, 2.24) is 0 Å². The maximum atomic E-state index is 9.57. The molecule has 1 unspecified atom stereocenters. The number of aliphatic hydroxyl groups is 2. The Hall–Kier alpha value is -0.580. The summed E-state index contributed by atoms with van der Waals surface area (Å²) in [5, 5.41) is 19.0. The van der Waals surface area contributed by atoms with Gasteiger partial charge < -0.3 is 15.1 Å². The molecule has 1 aromatic rings. The zero-order valence-electron chi connectivity index (χ0n) is 10.6. The molecule has 18 heavy (non-hydrogen) atoms. The van der Waals surface area contributed by atoms with E-state index in [1.54, 1.807) is 6.92 Å². The van der Waals surface area contributed by atoms with Crippen molar-refractivity contribution in [1.29, 1.82) is 0 Å². The smallest absolute Gasteiger partial charge is 0.0762 e. The van der Waals surface area contributed by atoms with Crippen molar-refractivity contribution in [3.05, 3.63) is 28.2 Å². The molecule has 1 aromatic carbocycles. The molecule has 1 heterocycles. The highest BCUT2D eigenvalue weighted by Gasteiger charge is 2.23. The third-order valence-electron chi connectivity index (χ3n) is 3.60. The second-order valence-corrected chi connectivity index (χ2v) is 5.77. The zero-order chi connectivity index (χ0) is 13.1. The highest BCUT2D eigenvalue weighted by molar-refractivity contribution is 9.10. The SMILES string of the molecule is C[C@@H](O)c1ccc(N2CCCCC2CO)c(Br)c1. The van der Waals surface area contributed by atoms with Crippen molar-refractivity contribution in [3.8, 4) is 0 Å². The van der Waals surface area contributed by atoms with Gasteiger partial charge in [-0.1, -0.05) is 6.07 Å². The third-order valence-corrected chi connectivity index (χ3v) is 4.24. The van der Waals surface area contributed by atoms with Crippen LogP contribution in [0.2, 0.25) is 0 Å². The number of benzene rings is 1. The number of aliphatic hydroxyl groups excluding tert-OH is 2. The van der Waals surface area contributed by atoms with Crippen LogP contribution in [0.1, 0.15) is 37.9 Å². The van der Waals surface area contributed by atoms with Gasteiger partial charge in [-0.2, -0.15) is 0 Å². The molecule has 1 fully saturated rings. The number of nitrogens with zero attached hydrogens (tertiary/aromatic N) is 1. The van der Waals surface area contributed by atoms with Crippen LogP contribution in [0.25, 0.3) is 0 Å². The highest BCUT2D eigenvalue weighted by Crippen LogP contribution is 2.33. The molecular formula is C14H20BrNO2. The molecule has 0 amide bonds. The molecule has 1 aliphatic rings. The number of hydrogen-bond acceptors (Lipinski definition) is 3. The van der Waals surface area contributed by atoms with Gasteiger partial charge in [0.25, 0.3) is 0 Å². The number of halogens is 1. The first-order chi connectivity index (χ1) is 8.63. The molecule has 4 heteroatoms. The van der Waals surface area contributed by atoms with E-state index in [0.717, 1.165) is 28.7 Å². The monoisotopic (exact) mass is 313 g/mol. The Balaban J connectivity index is 2.26. The molecule has 2 N–H and O–H groups in total. The fourth-order valence-electron chi connectivity index (χ4n) is 2.52. The highest BCUT2D eigenvalue weighted by atomic mass is 79.9. The van der Waals surface area contributed by atoms with Gasteiger partial charge in [0, 0.05) is 11.0 Å². The summed E-state index contributed by atoms with van der Waals surface area (Å²) in [6.07, 6.45) is 2.94. The van der Waals surface area contributed by atoms with Crippen LogP contribution in [0, 0.1) is 0 Å². The largest absolute Gasteiger partial charge is 0.394 e. The Morgan fingerprint density at radius 3 is 2.83 bits per heavy atom. The van der Waals surface area contributed by atoms with E-state index in [4.69, 9.17) is 0 Å². The van der Waals surface area contributed by atoms with Crippen molar-refractivity contribution in [2.24, 2.45) is 0 Å². The first-order valence-electron chi connectivity index (χ1n) is 6.48. The van der Waals surface area contributed by atoms with Crippen molar-refractivity contribution in [2.45, 2.75) is 38.3 Å². The predicted octanol–water partition coefficient (Wildman–Crippen LogP) is 2.85. The van der Waals surface area contributed by atoms with Gasteiger partial charge in [-0.25, -0.2) is 0 Å². The lowest BCUT2D eigenvalue weighted by Crippen LogP contribution is -2.42. The second kappa shape index (κ2) is 6.04. The minimum Gasteiger partial charge on any atom is -0.394 e. The summed E-state index contributed by atoms with van der Waals surface area (Å²) >= 11 is 3.57.